The van der Waals surface area contributed by atoms with Crippen LogP contribution in [-0.4, -0.2) is 24.6 Å². The van der Waals surface area contributed by atoms with Crippen molar-refractivity contribution in [2.45, 2.75) is 19.9 Å². The molecule has 1 unspecified atom stereocenters. The molecule has 2 aromatic rings. The molecule has 0 heterocycles. The van der Waals surface area contributed by atoms with Crippen molar-refractivity contribution >= 4 is 40.7 Å². The van der Waals surface area contributed by atoms with E-state index in [4.69, 9.17) is 16.3 Å². The molecule has 0 fully saturated rings. The van der Waals surface area contributed by atoms with Gasteiger partial charge in [0.25, 0.3) is 0 Å². The fourth-order valence-electron chi connectivity index (χ4n) is 2.05. The van der Waals surface area contributed by atoms with Gasteiger partial charge in [0.15, 0.2) is 0 Å². The number of carbonyl (C=O) groups excluding carboxylic acids is 2. The Morgan fingerprint density at radius 3 is 2.32 bits per heavy atom. The van der Waals surface area contributed by atoms with Crippen LogP contribution in [-0.2, 0) is 9.53 Å². The summed E-state index contributed by atoms with van der Waals surface area (Å²) >= 11 is 6.03. The molecule has 6 nitrogen and oxygen atoms in total. The third-order valence-corrected chi connectivity index (χ3v) is 3.64. The van der Waals surface area contributed by atoms with Crippen molar-refractivity contribution < 1.29 is 14.3 Å². The van der Waals surface area contributed by atoms with E-state index in [9.17, 15) is 9.59 Å². The Morgan fingerprint density at radius 2 is 1.68 bits per heavy atom. The normalized spacial score (nSPS) is 11.3. The number of para-hydroxylation sites is 1. The summed E-state index contributed by atoms with van der Waals surface area (Å²) in [4.78, 5) is 23.6. The first-order chi connectivity index (χ1) is 12.0. The molecular formula is C18H20ClN3O3. The zero-order valence-corrected chi connectivity index (χ0v) is 14.8. The molecule has 0 saturated heterocycles. The highest BCUT2D eigenvalue weighted by molar-refractivity contribution is 6.33. The monoisotopic (exact) mass is 361 g/mol. The minimum Gasteiger partial charge on any atom is -0.450 e. The van der Waals surface area contributed by atoms with Crippen molar-refractivity contribution in [2.24, 2.45) is 0 Å². The lowest BCUT2D eigenvalue weighted by Crippen LogP contribution is -2.31. The van der Waals surface area contributed by atoms with Crippen LogP contribution in [0, 0.1) is 0 Å². The molecule has 25 heavy (non-hydrogen) atoms. The van der Waals surface area contributed by atoms with E-state index in [0.717, 1.165) is 5.69 Å². The Hall–Kier alpha value is -2.73. The minimum absolute atomic E-state index is 0.207. The summed E-state index contributed by atoms with van der Waals surface area (Å²) in [6.45, 7) is 3.79. The molecular weight excluding hydrogens is 342 g/mol. The number of benzene rings is 2. The molecule has 0 aromatic heterocycles. The Balaban J connectivity index is 1.91. The fraction of sp³-hybridized carbons (Fsp3) is 0.222. The lowest BCUT2D eigenvalue weighted by atomic mass is 10.2. The maximum absolute atomic E-state index is 12.2. The van der Waals surface area contributed by atoms with Gasteiger partial charge < -0.3 is 15.4 Å². The van der Waals surface area contributed by atoms with Gasteiger partial charge in [0, 0.05) is 11.4 Å². The van der Waals surface area contributed by atoms with Gasteiger partial charge in [0.05, 0.1) is 17.3 Å². The van der Waals surface area contributed by atoms with Gasteiger partial charge in [0.2, 0.25) is 5.91 Å². The summed E-state index contributed by atoms with van der Waals surface area (Å²) < 4.78 is 4.81. The lowest BCUT2D eigenvalue weighted by molar-refractivity contribution is -0.116. The van der Waals surface area contributed by atoms with Gasteiger partial charge in [0.1, 0.15) is 6.04 Å². The number of anilines is 3. The largest absolute Gasteiger partial charge is 0.450 e. The van der Waals surface area contributed by atoms with Gasteiger partial charge in [-0.1, -0.05) is 23.7 Å². The second-order valence-corrected chi connectivity index (χ2v) is 5.67. The second kappa shape index (κ2) is 8.94. The highest BCUT2D eigenvalue weighted by Gasteiger charge is 2.14. The lowest BCUT2D eigenvalue weighted by Gasteiger charge is -2.16. The van der Waals surface area contributed by atoms with Crippen LogP contribution in [0.2, 0.25) is 5.02 Å². The highest BCUT2D eigenvalue weighted by atomic mass is 35.5. The van der Waals surface area contributed by atoms with E-state index in [1.165, 1.54) is 0 Å². The van der Waals surface area contributed by atoms with Crippen LogP contribution < -0.4 is 16.0 Å². The molecule has 0 aliphatic heterocycles. The number of amides is 2. The summed E-state index contributed by atoms with van der Waals surface area (Å²) in [6.07, 6.45) is -0.504. The third kappa shape index (κ3) is 5.69. The van der Waals surface area contributed by atoms with Gasteiger partial charge in [-0.3, -0.25) is 10.1 Å². The average molecular weight is 362 g/mol. The van der Waals surface area contributed by atoms with Crippen molar-refractivity contribution in [3.8, 4) is 0 Å². The van der Waals surface area contributed by atoms with Crippen LogP contribution in [0.15, 0.2) is 48.5 Å². The number of carbonyl (C=O) groups is 2. The Labute approximate surface area is 151 Å². The molecule has 0 aliphatic rings. The zero-order chi connectivity index (χ0) is 18.2. The average Bonchev–Trinajstić information content (AvgIpc) is 2.59. The van der Waals surface area contributed by atoms with E-state index in [0.29, 0.717) is 23.0 Å². The fourth-order valence-corrected chi connectivity index (χ4v) is 2.24. The Bertz CT molecular complexity index is 735. The molecule has 2 aromatic carbocycles. The number of hydrogen-bond acceptors (Lipinski definition) is 4. The van der Waals surface area contributed by atoms with Crippen LogP contribution in [0.1, 0.15) is 13.8 Å². The molecule has 1 atom stereocenters. The number of ether oxygens (including phenoxy) is 1. The van der Waals surface area contributed by atoms with Crippen LogP contribution in [0.25, 0.3) is 0 Å². The molecule has 0 saturated carbocycles. The first kappa shape index (κ1) is 18.6. The predicted octanol–water partition coefficient (Wildman–Crippen LogP) is 4.35. The summed E-state index contributed by atoms with van der Waals surface area (Å²) in [5, 5.41) is 8.95. The second-order valence-electron chi connectivity index (χ2n) is 5.26. The summed E-state index contributed by atoms with van der Waals surface area (Å²) in [5.41, 5.74) is 1.92. The van der Waals surface area contributed by atoms with E-state index < -0.39 is 12.1 Å². The topological polar surface area (TPSA) is 79.5 Å². The molecule has 0 bridgehead atoms. The van der Waals surface area contributed by atoms with Gasteiger partial charge in [-0.2, -0.15) is 0 Å². The maximum Gasteiger partial charge on any atom is 0.411 e. The van der Waals surface area contributed by atoms with Crippen LogP contribution >= 0.6 is 11.6 Å². The van der Waals surface area contributed by atoms with E-state index in [2.05, 4.69) is 16.0 Å². The van der Waals surface area contributed by atoms with Gasteiger partial charge in [-0.15, -0.1) is 0 Å². The highest BCUT2D eigenvalue weighted by Crippen LogP contribution is 2.21. The predicted molar refractivity (Wildman–Crippen MR) is 100 cm³/mol. The summed E-state index contributed by atoms with van der Waals surface area (Å²) in [5.74, 6) is -0.207. The number of nitrogens with one attached hydrogen (secondary N) is 3. The third-order valence-electron chi connectivity index (χ3n) is 3.31. The number of rotatable bonds is 6. The van der Waals surface area contributed by atoms with Crippen molar-refractivity contribution in [3.63, 3.8) is 0 Å². The van der Waals surface area contributed by atoms with Crippen LogP contribution in [0.3, 0.4) is 0 Å². The van der Waals surface area contributed by atoms with Crippen molar-refractivity contribution in [3.05, 3.63) is 53.6 Å². The van der Waals surface area contributed by atoms with Gasteiger partial charge in [-0.25, -0.2) is 4.79 Å². The van der Waals surface area contributed by atoms with E-state index in [1.54, 1.807) is 62.4 Å². The molecule has 132 valence electrons. The van der Waals surface area contributed by atoms with Crippen LogP contribution in [0.5, 0.6) is 0 Å². The molecule has 0 radical (unpaired) electrons. The zero-order valence-electron chi connectivity index (χ0n) is 14.0. The first-order valence-corrected chi connectivity index (χ1v) is 8.23. The number of halogens is 1. The van der Waals surface area contributed by atoms with Gasteiger partial charge >= 0.3 is 6.09 Å². The quantitative estimate of drug-likeness (QED) is 0.714. The van der Waals surface area contributed by atoms with E-state index in [1.807, 2.05) is 0 Å². The molecule has 3 N–H and O–H groups in total. The number of hydrogen-bond donors (Lipinski definition) is 3. The molecule has 0 spiro atoms. The molecule has 0 aliphatic carbocycles. The molecule has 2 amide bonds. The van der Waals surface area contributed by atoms with E-state index >= 15 is 0 Å². The maximum atomic E-state index is 12.2. The SMILES string of the molecule is CCOC(=O)Nc1ccc(NC(C)C(=O)Nc2ccccc2Cl)cc1. The van der Waals surface area contributed by atoms with Crippen LogP contribution in [0.4, 0.5) is 21.9 Å². The summed E-state index contributed by atoms with van der Waals surface area (Å²) in [6, 6.07) is 13.5. The van der Waals surface area contributed by atoms with Crippen molar-refractivity contribution in [2.75, 3.05) is 22.6 Å². The Morgan fingerprint density at radius 1 is 1.04 bits per heavy atom. The van der Waals surface area contributed by atoms with Crippen molar-refractivity contribution in [1.29, 1.82) is 0 Å². The van der Waals surface area contributed by atoms with Crippen molar-refractivity contribution in [1.82, 2.24) is 0 Å². The first-order valence-electron chi connectivity index (χ1n) is 7.85. The minimum atomic E-state index is -0.504. The van der Waals surface area contributed by atoms with E-state index in [-0.39, 0.29) is 5.91 Å². The standard InChI is InChI=1S/C18H20ClN3O3/c1-3-25-18(24)21-14-10-8-13(9-11-14)20-12(2)17(23)22-16-7-5-4-6-15(16)19/h4-12,20H,3H2,1-2H3,(H,21,24)(H,22,23). The smallest absolute Gasteiger partial charge is 0.411 e. The van der Waals surface area contributed by atoms with Gasteiger partial charge in [-0.05, 0) is 50.2 Å². The molecule has 2 rings (SSSR count). The summed E-state index contributed by atoms with van der Waals surface area (Å²) in [7, 11) is 0. The molecule has 7 heteroatoms. The Kier molecular flexibility index (Phi) is 6.65.